The lowest BCUT2D eigenvalue weighted by Crippen LogP contribution is -2.46. The molecule has 5 rings (SSSR count). The molecule has 47 heavy (non-hydrogen) atoms. The number of fused-ring (bicyclic) bond motifs is 1. The van der Waals surface area contributed by atoms with Crippen molar-refractivity contribution in [2.45, 2.75) is 50.4 Å². The maximum absolute atomic E-state index is 14.7. The number of alkyl halides is 3. The van der Waals surface area contributed by atoms with Crippen LogP contribution in [0, 0.1) is 17.7 Å². The molecule has 2 aliphatic rings. The van der Waals surface area contributed by atoms with Crippen molar-refractivity contribution in [2.24, 2.45) is 0 Å². The van der Waals surface area contributed by atoms with Crippen molar-refractivity contribution in [3.8, 4) is 17.6 Å². The summed E-state index contributed by atoms with van der Waals surface area (Å²) in [5.74, 6) is 5.69. The van der Waals surface area contributed by atoms with Crippen LogP contribution < -0.4 is 20.7 Å². The summed E-state index contributed by atoms with van der Waals surface area (Å²) >= 11 is 1.26. The Morgan fingerprint density at radius 3 is 2.55 bits per heavy atom. The lowest BCUT2D eigenvalue weighted by Gasteiger charge is -2.39. The Morgan fingerprint density at radius 1 is 1.04 bits per heavy atom. The summed E-state index contributed by atoms with van der Waals surface area (Å²) in [4.78, 5) is 2.87. The molecule has 13 heteroatoms. The normalized spacial score (nSPS) is 18.9. The predicted octanol–water partition coefficient (Wildman–Crippen LogP) is 6.09. The molecule has 0 radical (unpaired) electrons. The zero-order chi connectivity index (χ0) is 33.2. The highest BCUT2D eigenvalue weighted by molar-refractivity contribution is 7.20. The number of aliphatic hydroxyl groups excluding tert-OH is 1. The number of nitrogens with one attached hydrogen (secondary N) is 3. The van der Waals surface area contributed by atoms with E-state index in [0.717, 1.165) is 62.4 Å². The smallest absolute Gasteiger partial charge is 0.393 e. The van der Waals surface area contributed by atoms with Gasteiger partial charge in [0.05, 0.1) is 66.0 Å². The van der Waals surface area contributed by atoms with Crippen LogP contribution in [0.5, 0.6) is 5.75 Å². The molecule has 1 aromatic heterocycles. The number of benzene rings is 2. The molecular weight excluding hydrogens is 636 g/mol. The van der Waals surface area contributed by atoms with Crippen LogP contribution in [0.1, 0.15) is 36.1 Å². The van der Waals surface area contributed by atoms with Gasteiger partial charge in [-0.05, 0) is 42.7 Å². The summed E-state index contributed by atoms with van der Waals surface area (Å²) in [5, 5.41) is 19.1. The number of ether oxygens (including phenoxy) is 3. The third-order valence-electron chi connectivity index (χ3n) is 8.42. The molecule has 2 aromatic carbocycles. The number of morpholine rings is 1. The van der Waals surface area contributed by atoms with E-state index in [4.69, 9.17) is 19.3 Å². The summed E-state index contributed by atoms with van der Waals surface area (Å²) in [6, 6.07) is 8.99. The van der Waals surface area contributed by atoms with Gasteiger partial charge in [0.1, 0.15) is 18.2 Å². The van der Waals surface area contributed by atoms with Gasteiger partial charge < -0.3 is 35.3 Å². The highest BCUT2D eigenvalue weighted by Gasteiger charge is 2.32. The number of aliphatic hydroxyl groups is 1. The maximum atomic E-state index is 14.7. The van der Waals surface area contributed by atoms with E-state index in [1.807, 2.05) is 6.07 Å². The van der Waals surface area contributed by atoms with Crippen LogP contribution in [0.2, 0.25) is 0 Å². The molecule has 2 fully saturated rings. The van der Waals surface area contributed by atoms with E-state index < -0.39 is 18.4 Å². The molecule has 256 valence electrons. The average Bonchev–Trinajstić information content (AvgIpc) is 3.40. The molecule has 0 unspecified atom stereocenters. The molecule has 8 nitrogen and oxygen atoms in total. The van der Waals surface area contributed by atoms with E-state index in [2.05, 4.69) is 32.7 Å². The van der Waals surface area contributed by atoms with Gasteiger partial charge >= 0.3 is 6.18 Å². The maximum Gasteiger partial charge on any atom is 0.393 e. The Hall–Kier alpha value is -3.28. The number of methoxy groups -OCH3 is 1. The molecule has 1 saturated heterocycles. The van der Waals surface area contributed by atoms with Gasteiger partial charge in [0, 0.05) is 51.0 Å². The first-order valence-electron chi connectivity index (χ1n) is 16.0. The van der Waals surface area contributed by atoms with Crippen LogP contribution >= 0.6 is 11.3 Å². The van der Waals surface area contributed by atoms with Crippen molar-refractivity contribution in [3.05, 3.63) is 46.6 Å². The molecule has 0 spiro atoms. The van der Waals surface area contributed by atoms with Crippen molar-refractivity contribution < 1.29 is 36.9 Å². The van der Waals surface area contributed by atoms with Crippen LogP contribution in [-0.2, 0) is 15.9 Å². The standard InChI is InChI=1S/C34H42F4N4O4S/c1-44-18-19-46-31-21-29(40-12-15-43)27(35)20-30(31)39-11-3-6-32-26(22-34(36,37)38)25-4-2-5-28(33(25)47-32)41-23-7-9-24(10-8-23)42-13-16-45-17-14-42/h2,4-5,20-21,23-24,39-41,43H,7-19,22H2,1H3. The third kappa shape index (κ3) is 9.64. The first-order chi connectivity index (χ1) is 22.8. The number of hydrogen-bond donors (Lipinski definition) is 4. The first kappa shape index (κ1) is 35.0. The number of anilines is 3. The van der Waals surface area contributed by atoms with Gasteiger partial charge in [0.2, 0.25) is 0 Å². The summed E-state index contributed by atoms with van der Waals surface area (Å²) in [7, 11) is 1.54. The van der Waals surface area contributed by atoms with Gasteiger partial charge in [-0.25, -0.2) is 4.39 Å². The van der Waals surface area contributed by atoms with E-state index in [1.165, 1.54) is 30.6 Å². The van der Waals surface area contributed by atoms with Crippen LogP contribution in [0.25, 0.3) is 10.1 Å². The molecule has 2 heterocycles. The molecular formula is C34H42F4N4O4S. The molecule has 1 aliphatic carbocycles. The van der Waals surface area contributed by atoms with Crippen LogP contribution in [0.3, 0.4) is 0 Å². The van der Waals surface area contributed by atoms with Gasteiger partial charge in [0.25, 0.3) is 0 Å². The number of nitrogens with zero attached hydrogens (tertiary/aromatic N) is 1. The summed E-state index contributed by atoms with van der Waals surface area (Å²) in [5.41, 5.74) is 1.50. The van der Waals surface area contributed by atoms with Crippen molar-refractivity contribution in [1.82, 2.24) is 4.90 Å². The minimum atomic E-state index is -4.40. The molecule has 1 saturated carbocycles. The lowest BCUT2D eigenvalue weighted by molar-refractivity contribution is -0.126. The van der Waals surface area contributed by atoms with Gasteiger partial charge in [0.15, 0.2) is 0 Å². The largest absolute Gasteiger partial charge is 0.489 e. The second kappa shape index (κ2) is 16.7. The lowest BCUT2D eigenvalue weighted by atomic mass is 9.89. The molecule has 1 aliphatic heterocycles. The fourth-order valence-electron chi connectivity index (χ4n) is 6.14. The highest BCUT2D eigenvalue weighted by Crippen LogP contribution is 2.40. The monoisotopic (exact) mass is 678 g/mol. The molecule has 0 amide bonds. The van der Waals surface area contributed by atoms with Crippen LogP contribution in [-0.4, -0.2) is 94.6 Å². The van der Waals surface area contributed by atoms with E-state index in [9.17, 15) is 17.6 Å². The topological polar surface area (TPSA) is 87.2 Å². The molecule has 4 N–H and O–H groups in total. The number of hydrogen-bond acceptors (Lipinski definition) is 9. The van der Waals surface area contributed by atoms with Crippen molar-refractivity contribution in [2.75, 3.05) is 82.3 Å². The zero-order valence-electron chi connectivity index (χ0n) is 26.5. The Balaban J connectivity index is 1.32. The van der Waals surface area contributed by atoms with E-state index in [-0.39, 0.29) is 43.6 Å². The molecule has 0 bridgehead atoms. The van der Waals surface area contributed by atoms with Gasteiger partial charge in [-0.1, -0.05) is 24.0 Å². The SMILES string of the molecule is COCCOc1cc(NCCO)c(F)cc1NCC#Cc1sc2c(NC3CCC(N4CCOCC4)CC3)cccc2c1CC(F)(F)F. The Morgan fingerprint density at radius 2 is 1.83 bits per heavy atom. The second-order valence-corrected chi connectivity index (χ2v) is 12.7. The fraction of sp³-hybridized carbons (Fsp3) is 0.529. The summed E-state index contributed by atoms with van der Waals surface area (Å²) < 4.78 is 73.1. The molecule has 0 atom stereocenters. The van der Waals surface area contributed by atoms with E-state index in [0.29, 0.717) is 34.3 Å². The Labute approximate surface area is 276 Å². The minimum Gasteiger partial charge on any atom is -0.489 e. The Bertz CT molecular complexity index is 1530. The van der Waals surface area contributed by atoms with E-state index in [1.54, 1.807) is 12.1 Å². The summed E-state index contributed by atoms with van der Waals surface area (Å²) in [6.45, 7) is 4.06. The van der Waals surface area contributed by atoms with Crippen molar-refractivity contribution in [1.29, 1.82) is 0 Å². The van der Waals surface area contributed by atoms with Crippen LogP contribution in [0.15, 0.2) is 30.3 Å². The average molecular weight is 679 g/mol. The van der Waals surface area contributed by atoms with Crippen molar-refractivity contribution in [3.63, 3.8) is 0 Å². The second-order valence-electron chi connectivity index (χ2n) is 11.7. The predicted molar refractivity (Wildman–Crippen MR) is 178 cm³/mol. The number of thiophene rings is 1. The quantitative estimate of drug-likeness (QED) is 0.0982. The van der Waals surface area contributed by atoms with Gasteiger partial charge in [-0.2, -0.15) is 13.2 Å². The first-order valence-corrected chi connectivity index (χ1v) is 16.8. The molecule has 3 aromatic rings. The number of halogens is 4. The Kier molecular flexibility index (Phi) is 12.5. The van der Waals surface area contributed by atoms with Crippen LogP contribution in [0.4, 0.5) is 34.6 Å². The van der Waals surface area contributed by atoms with Gasteiger partial charge in [-0.15, -0.1) is 11.3 Å². The third-order valence-corrected chi connectivity index (χ3v) is 9.62. The summed E-state index contributed by atoms with van der Waals surface area (Å²) in [6.07, 6.45) is -1.34. The number of rotatable bonds is 13. The van der Waals surface area contributed by atoms with E-state index >= 15 is 0 Å². The minimum absolute atomic E-state index is 0.0423. The highest BCUT2D eigenvalue weighted by atomic mass is 32.1. The fourth-order valence-corrected chi connectivity index (χ4v) is 7.32. The van der Waals surface area contributed by atoms with Gasteiger partial charge in [-0.3, -0.25) is 4.90 Å². The zero-order valence-corrected chi connectivity index (χ0v) is 27.3. The van der Waals surface area contributed by atoms with Crippen molar-refractivity contribution >= 4 is 38.5 Å².